The van der Waals surface area contributed by atoms with E-state index >= 15 is 0 Å². The molecule has 0 aromatic carbocycles. The first-order valence-electron chi connectivity index (χ1n) is 6.80. The molecule has 112 valence electrons. The molecule has 2 heterocycles. The van der Waals surface area contributed by atoms with E-state index in [1.165, 1.54) is 11.3 Å². The third kappa shape index (κ3) is 3.09. The van der Waals surface area contributed by atoms with E-state index in [0.717, 1.165) is 0 Å². The van der Waals surface area contributed by atoms with Gasteiger partial charge in [-0.05, 0) is 24.8 Å². The fourth-order valence-corrected chi connectivity index (χ4v) is 3.30. The lowest BCUT2D eigenvalue weighted by Gasteiger charge is -2.22. The van der Waals surface area contributed by atoms with Gasteiger partial charge in [-0.25, -0.2) is 0 Å². The fraction of sp³-hybridized carbons (Fsp3) is 0.467. The van der Waals surface area contributed by atoms with Crippen LogP contribution in [-0.4, -0.2) is 43.4 Å². The molecule has 0 bridgehead atoms. The predicted octanol–water partition coefficient (Wildman–Crippen LogP) is 0.656. The predicted molar refractivity (Wildman–Crippen MR) is 82.9 cm³/mol. The molecule has 0 aliphatic carbocycles. The lowest BCUT2D eigenvalue weighted by Crippen LogP contribution is -2.40. The Morgan fingerprint density at radius 3 is 3.00 bits per heavy atom. The number of nitrogens with one attached hydrogen (secondary N) is 1. The molecule has 0 saturated carbocycles. The maximum absolute atomic E-state index is 12.6. The quantitative estimate of drug-likeness (QED) is 0.788. The van der Waals surface area contributed by atoms with Crippen LogP contribution in [0.5, 0.6) is 0 Å². The Morgan fingerprint density at radius 2 is 2.33 bits per heavy atom. The summed E-state index contributed by atoms with van der Waals surface area (Å²) in [5.41, 5.74) is 5.57. The van der Waals surface area contributed by atoms with E-state index in [1.807, 2.05) is 18.4 Å². The molecule has 1 atom stereocenters. The van der Waals surface area contributed by atoms with Crippen molar-refractivity contribution in [2.45, 2.75) is 13.3 Å². The monoisotopic (exact) mass is 305 g/mol. The second kappa shape index (κ2) is 6.29. The number of carbonyl (C=O) groups is 2. The van der Waals surface area contributed by atoms with Gasteiger partial charge in [0.2, 0.25) is 5.91 Å². The van der Waals surface area contributed by atoms with Crippen LogP contribution in [0.3, 0.4) is 0 Å². The SMILES string of the molecule is CNC(=O)C1(C)CCN(C(=O)c2sccc2C#CCN)C1. The lowest BCUT2D eigenvalue weighted by atomic mass is 9.89. The largest absolute Gasteiger partial charge is 0.359 e. The zero-order valence-corrected chi connectivity index (χ0v) is 13.0. The standard InChI is InChI=1S/C15H19N3O2S/c1-15(14(20)17-2)6-8-18(10-15)13(19)12-11(4-3-7-16)5-9-21-12/h5,9H,6-8,10,16H2,1-2H3,(H,17,20). The maximum atomic E-state index is 12.6. The van der Waals surface area contributed by atoms with Crippen LogP contribution in [0.25, 0.3) is 0 Å². The smallest absolute Gasteiger partial charge is 0.265 e. The van der Waals surface area contributed by atoms with Crippen LogP contribution < -0.4 is 11.1 Å². The highest BCUT2D eigenvalue weighted by molar-refractivity contribution is 7.12. The summed E-state index contributed by atoms with van der Waals surface area (Å²) in [4.78, 5) is 26.9. The minimum Gasteiger partial charge on any atom is -0.359 e. The number of likely N-dealkylation sites (tertiary alicyclic amines) is 1. The summed E-state index contributed by atoms with van der Waals surface area (Å²) in [5, 5.41) is 4.52. The van der Waals surface area contributed by atoms with Gasteiger partial charge in [-0.15, -0.1) is 11.3 Å². The molecule has 1 unspecified atom stereocenters. The summed E-state index contributed by atoms with van der Waals surface area (Å²) < 4.78 is 0. The molecule has 5 nitrogen and oxygen atoms in total. The summed E-state index contributed by atoms with van der Waals surface area (Å²) >= 11 is 1.37. The summed E-state index contributed by atoms with van der Waals surface area (Å²) in [5.74, 6) is 5.61. The molecular weight excluding hydrogens is 286 g/mol. The van der Waals surface area contributed by atoms with E-state index < -0.39 is 5.41 Å². The molecule has 1 saturated heterocycles. The number of hydrogen-bond donors (Lipinski definition) is 2. The molecule has 0 spiro atoms. The van der Waals surface area contributed by atoms with Gasteiger partial charge < -0.3 is 16.0 Å². The highest BCUT2D eigenvalue weighted by atomic mass is 32.1. The first-order chi connectivity index (χ1) is 10.0. The Balaban J connectivity index is 2.16. The Kier molecular flexibility index (Phi) is 4.66. The van der Waals surface area contributed by atoms with E-state index in [4.69, 9.17) is 5.73 Å². The van der Waals surface area contributed by atoms with Crippen molar-refractivity contribution in [3.63, 3.8) is 0 Å². The van der Waals surface area contributed by atoms with Crippen LogP contribution in [-0.2, 0) is 4.79 Å². The second-order valence-electron chi connectivity index (χ2n) is 5.29. The van der Waals surface area contributed by atoms with Crippen molar-refractivity contribution in [2.24, 2.45) is 11.1 Å². The minimum atomic E-state index is -0.509. The highest BCUT2D eigenvalue weighted by Gasteiger charge is 2.42. The van der Waals surface area contributed by atoms with Crippen molar-refractivity contribution in [3.05, 3.63) is 21.9 Å². The van der Waals surface area contributed by atoms with Crippen molar-refractivity contribution in [2.75, 3.05) is 26.7 Å². The van der Waals surface area contributed by atoms with Crippen LogP contribution in [0, 0.1) is 17.3 Å². The zero-order chi connectivity index (χ0) is 15.5. The average molecular weight is 305 g/mol. The van der Waals surface area contributed by atoms with Crippen molar-refractivity contribution >= 4 is 23.2 Å². The molecule has 6 heteroatoms. The van der Waals surface area contributed by atoms with Crippen LogP contribution in [0.4, 0.5) is 0 Å². The van der Waals surface area contributed by atoms with Crippen LogP contribution in [0.2, 0.25) is 0 Å². The van der Waals surface area contributed by atoms with Crippen molar-refractivity contribution in [1.29, 1.82) is 0 Å². The van der Waals surface area contributed by atoms with Gasteiger partial charge in [0.05, 0.1) is 12.0 Å². The fourth-order valence-electron chi connectivity index (χ4n) is 2.48. The number of rotatable bonds is 2. The minimum absolute atomic E-state index is 0.0212. The molecule has 1 aliphatic rings. The van der Waals surface area contributed by atoms with E-state index in [-0.39, 0.29) is 18.4 Å². The topological polar surface area (TPSA) is 75.4 Å². The molecule has 1 aliphatic heterocycles. The Morgan fingerprint density at radius 1 is 1.57 bits per heavy atom. The van der Waals surface area contributed by atoms with Gasteiger partial charge in [-0.1, -0.05) is 11.8 Å². The molecule has 21 heavy (non-hydrogen) atoms. The maximum Gasteiger partial charge on any atom is 0.265 e. The molecule has 0 radical (unpaired) electrons. The van der Waals surface area contributed by atoms with Gasteiger partial charge >= 0.3 is 0 Å². The van der Waals surface area contributed by atoms with Crippen molar-refractivity contribution in [1.82, 2.24) is 10.2 Å². The van der Waals surface area contributed by atoms with Crippen LogP contribution in [0.15, 0.2) is 11.4 Å². The van der Waals surface area contributed by atoms with Crippen LogP contribution >= 0.6 is 11.3 Å². The number of nitrogens with zero attached hydrogens (tertiary/aromatic N) is 1. The first-order valence-corrected chi connectivity index (χ1v) is 7.67. The van der Waals surface area contributed by atoms with Gasteiger partial charge in [0.15, 0.2) is 0 Å². The van der Waals surface area contributed by atoms with E-state index in [1.54, 1.807) is 11.9 Å². The lowest BCUT2D eigenvalue weighted by molar-refractivity contribution is -0.128. The van der Waals surface area contributed by atoms with E-state index in [0.29, 0.717) is 30.0 Å². The molecule has 2 amide bonds. The molecule has 3 N–H and O–H groups in total. The molecule has 1 aromatic rings. The molecule has 1 aromatic heterocycles. The summed E-state index contributed by atoms with van der Waals surface area (Å²) in [7, 11) is 1.62. The average Bonchev–Trinajstić information content (AvgIpc) is 3.11. The first kappa shape index (κ1) is 15.5. The van der Waals surface area contributed by atoms with Gasteiger partial charge in [-0.3, -0.25) is 9.59 Å². The Labute approximate surface area is 128 Å². The van der Waals surface area contributed by atoms with Gasteiger partial charge in [0.25, 0.3) is 5.91 Å². The van der Waals surface area contributed by atoms with Gasteiger partial charge in [-0.2, -0.15) is 0 Å². The third-order valence-electron chi connectivity index (χ3n) is 3.72. The molecule has 1 fully saturated rings. The van der Waals surface area contributed by atoms with E-state index in [2.05, 4.69) is 17.2 Å². The molecule has 2 rings (SSSR count). The van der Waals surface area contributed by atoms with E-state index in [9.17, 15) is 9.59 Å². The number of nitrogens with two attached hydrogens (primary N) is 1. The zero-order valence-electron chi connectivity index (χ0n) is 12.2. The number of hydrogen-bond acceptors (Lipinski definition) is 4. The third-order valence-corrected chi connectivity index (χ3v) is 4.62. The normalized spacial score (nSPS) is 20.8. The summed E-state index contributed by atoms with van der Waals surface area (Å²) in [6.45, 7) is 3.18. The summed E-state index contributed by atoms with van der Waals surface area (Å²) in [6.07, 6.45) is 0.674. The molecular formula is C15H19N3O2S. The van der Waals surface area contributed by atoms with Gasteiger partial charge in [0, 0.05) is 25.7 Å². The summed E-state index contributed by atoms with van der Waals surface area (Å²) in [6, 6.07) is 1.83. The Hall–Kier alpha value is -1.84. The van der Waals surface area contributed by atoms with Crippen molar-refractivity contribution < 1.29 is 9.59 Å². The second-order valence-corrected chi connectivity index (χ2v) is 6.20. The Bertz CT molecular complexity index is 614. The number of amides is 2. The van der Waals surface area contributed by atoms with Crippen LogP contribution in [0.1, 0.15) is 28.6 Å². The highest BCUT2D eigenvalue weighted by Crippen LogP contribution is 2.32. The van der Waals surface area contributed by atoms with Crippen molar-refractivity contribution in [3.8, 4) is 11.8 Å². The number of carbonyl (C=O) groups excluding carboxylic acids is 2. The number of thiophene rings is 1. The van der Waals surface area contributed by atoms with Gasteiger partial charge in [0.1, 0.15) is 4.88 Å².